The smallest absolute Gasteiger partial charge is 0.338 e. The van der Waals surface area contributed by atoms with Gasteiger partial charge in [-0.3, -0.25) is 20.4 Å². The zero-order chi connectivity index (χ0) is 38.9. The molecule has 0 atom stereocenters. The van der Waals surface area contributed by atoms with Crippen LogP contribution < -0.4 is 25.0 Å². The van der Waals surface area contributed by atoms with Crippen molar-refractivity contribution in [3.8, 4) is 34.5 Å². The van der Waals surface area contributed by atoms with Gasteiger partial charge in [-0.1, -0.05) is 46.4 Å². The Labute approximate surface area is 334 Å². The number of halogens is 4. The minimum atomic E-state index is -1.37. The van der Waals surface area contributed by atoms with Crippen molar-refractivity contribution in [1.29, 1.82) is 0 Å². The molecule has 55 heavy (non-hydrogen) atoms. The second kappa shape index (κ2) is 18.2. The van der Waals surface area contributed by atoms with Gasteiger partial charge in [0.15, 0.2) is 0 Å². The number of carbonyl (C=O) groups excluding carboxylic acids is 1. The lowest BCUT2D eigenvalue weighted by Gasteiger charge is -2.14. The Balaban J connectivity index is 0.969. The Kier molecular flexibility index (Phi) is 13.0. The Morgan fingerprint density at radius 1 is 0.491 bits per heavy atom. The summed E-state index contributed by atoms with van der Waals surface area (Å²) in [5, 5.41) is 21.7. The molecule has 0 saturated carbocycles. The molecule has 0 bridgehead atoms. The van der Waals surface area contributed by atoms with Crippen molar-refractivity contribution in [3.63, 3.8) is 0 Å². The molecule has 6 rings (SSSR count). The van der Waals surface area contributed by atoms with E-state index in [4.69, 9.17) is 70.7 Å². The van der Waals surface area contributed by atoms with Crippen LogP contribution in [0.15, 0.2) is 121 Å². The van der Waals surface area contributed by atoms with Crippen molar-refractivity contribution in [1.82, 2.24) is 0 Å². The number of carboxylic acids is 1. The minimum absolute atomic E-state index is 0.0387. The number of hydrogen-bond donors (Lipinski definition) is 4. The maximum atomic E-state index is 12.9. The van der Waals surface area contributed by atoms with E-state index in [0.29, 0.717) is 67.0 Å². The summed E-state index contributed by atoms with van der Waals surface area (Å²) in [6, 6.07) is 33.7. The van der Waals surface area contributed by atoms with Gasteiger partial charge in [-0.05, 0) is 121 Å². The maximum Gasteiger partial charge on any atom is 0.338 e. The number of nitrogens with one attached hydrogen (secondary N) is 2. The van der Waals surface area contributed by atoms with E-state index in [-0.39, 0.29) is 34.4 Å². The largest absolute Gasteiger partial charge is 0.478 e. The molecule has 0 radical (unpaired) electrons. The van der Waals surface area contributed by atoms with Gasteiger partial charge in [-0.2, -0.15) is 0 Å². The molecule has 0 aromatic heterocycles. The first kappa shape index (κ1) is 39.2. The number of amides is 1. The van der Waals surface area contributed by atoms with Crippen LogP contribution in [-0.2, 0) is 22.9 Å². The summed E-state index contributed by atoms with van der Waals surface area (Å²) in [6.07, 6.45) is 0. The molecule has 1 amide bonds. The third-order valence-corrected chi connectivity index (χ3v) is 9.14. The van der Waals surface area contributed by atoms with Gasteiger partial charge in [-0.15, -0.1) is 0 Å². The average Bonchev–Trinajstić information content (AvgIpc) is 3.18. The number of carboxylic acid groups (broad SMARTS) is 1. The van der Waals surface area contributed by atoms with Crippen molar-refractivity contribution in [2.75, 3.05) is 10.8 Å². The van der Waals surface area contributed by atoms with Crippen LogP contribution in [0.3, 0.4) is 0 Å². The number of ether oxygens (including phenoxy) is 3. The van der Waals surface area contributed by atoms with Crippen LogP contribution in [0.2, 0.25) is 20.1 Å². The number of rotatable bonds is 15. The second-order valence-corrected chi connectivity index (χ2v) is 13.1. The van der Waals surface area contributed by atoms with Crippen molar-refractivity contribution < 1.29 is 43.9 Å². The Morgan fingerprint density at radius 2 is 0.855 bits per heavy atom. The maximum absolute atomic E-state index is 12.9. The fraction of sp³-hybridized carbons (Fsp3) is 0.0500. The van der Waals surface area contributed by atoms with E-state index in [0.717, 1.165) is 0 Å². The highest BCUT2D eigenvalue weighted by atomic mass is 35.5. The highest BCUT2D eigenvalue weighted by Gasteiger charge is 2.23. The first-order valence-electron chi connectivity index (χ1n) is 16.1. The third-order valence-electron chi connectivity index (χ3n) is 7.80. The summed E-state index contributed by atoms with van der Waals surface area (Å²) in [6.45, 7) is -0.0535. The van der Waals surface area contributed by atoms with Gasteiger partial charge in [0.1, 0.15) is 47.7 Å². The van der Waals surface area contributed by atoms with Crippen LogP contribution in [0, 0.1) is 0 Å². The SMILES string of the molecule is O=C(O)c1c(Cl)ccc(Cl)c1C(=O)Nc1ccc(Oc2ccc(Oc3ccc(Oc4ccc(NOCc5c(Cl)ccc(Cl)c5COO)cc4)cc3)cc2)cc1. The van der Waals surface area contributed by atoms with E-state index in [1.807, 2.05) is 0 Å². The fourth-order valence-electron chi connectivity index (χ4n) is 5.14. The predicted molar refractivity (Wildman–Crippen MR) is 210 cm³/mol. The first-order valence-corrected chi connectivity index (χ1v) is 17.7. The zero-order valence-corrected chi connectivity index (χ0v) is 31.2. The van der Waals surface area contributed by atoms with Crippen molar-refractivity contribution >= 4 is 69.7 Å². The molecule has 6 aromatic rings. The fourth-order valence-corrected chi connectivity index (χ4v) is 6.08. The van der Waals surface area contributed by atoms with Gasteiger partial charge in [0.25, 0.3) is 5.91 Å². The summed E-state index contributed by atoms with van der Waals surface area (Å²) < 4.78 is 17.9. The molecule has 0 spiro atoms. The van der Waals surface area contributed by atoms with Gasteiger partial charge in [-0.25, -0.2) is 9.68 Å². The van der Waals surface area contributed by atoms with Crippen LogP contribution in [0.5, 0.6) is 34.5 Å². The van der Waals surface area contributed by atoms with Gasteiger partial charge in [0, 0.05) is 26.9 Å². The Bertz CT molecular complexity index is 2290. The minimum Gasteiger partial charge on any atom is -0.478 e. The summed E-state index contributed by atoms with van der Waals surface area (Å²) >= 11 is 24.6. The van der Waals surface area contributed by atoms with Gasteiger partial charge >= 0.3 is 5.97 Å². The molecule has 280 valence electrons. The predicted octanol–water partition coefficient (Wildman–Crippen LogP) is 12.2. The first-order chi connectivity index (χ1) is 26.6. The number of benzene rings is 6. The molecule has 6 aromatic carbocycles. The summed E-state index contributed by atoms with van der Waals surface area (Å²) in [5.41, 5.74) is 4.41. The molecular weight excluding hydrogens is 794 g/mol. The van der Waals surface area contributed by atoms with Crippen LogP contribution in [-0.4, -0.2) is 22.2 Å². The number of hydrogen-bond acceptors (Lipinski definition) is 9. The lowest BCUT2D eigenvalue weighted by atomic mass is 10.1. The number of aromatic carboxylic acids is 1. The average molecular weight is 822 g/mol. The van der Waals surface area contributed by atoms with E-state index in [2.05, 4.69) is 15.7 Å². The molecule has 0 fully saturated rings. The van der Waals surface area contributed by atoms with Gasteiger partial charge in [0.2, 0.25) is 0 Å². The van der Waals surface area contributed by atoms with E-state index in [1.54, 1.807) is 109 Å². The van der Waals surface area contributed by atoms with E-state index >= 15 is 0 Å². The number of carbonyl (C=O) groups is 2. The third kappa shape index (κ3) is 10.2. The topological polar surface area (TPSA) is 145 Å². The highest BCUT2D eigenvalue weighted by Crippen LogP contribution is 2.32. The molecule has 0 aliphatic rings. The van der Waals surface area contributed by atoms with E-state index < -0.39 is 11.9 Å². The Hall–Kier alpha value is -5.50. The van der Waals surface area contributed by atoms with Crippen LogP contribution in [0.25, 0.3) is 0 Å². The lowest BCUT2D eigenvalue weighted by Crippen LogP contribution is -2.17. The summed E-state index contributed by atoms with van der Waals surface area (Å²) in [5.74, 6) is 1.35. The van der Waals surface area contributed by atoms with Crippen molar-refractivity contribution in [2.24, 2.45) is 0 Å². The quantitative estimate of drug-likeness (QED) is 0.0583. The van der Waals surface area contributed by atoms with Gasteiger partial charge < -0.3 is 24.6 Å². The van der Waals surface area contributed by atoms with E-state index in [1.165, 1.54) is 12.1 Å². The standard InChI is InChI=1S/C40H28Cl4N2O9/c41-33-17-18-34(42)32(22-52-50)31(33)21-51-46-24-3-7-26(8-4-24)54-28-11-15-30(16-12-28)55-29-13-9-27(10-14-29)53-25-5-1-23(2-6-25)45-39(47)37-35(43)19-20-36(44)38(37)40(48)49/h1-20,46,50H,21-22H2,(H,45,47)(H,48,49). The molecule has 4 N–H and O–H groups in total. The van der Waals surface area contributed by atoms with Crippen molar-refractivity contribution in [2.45, 2.75) is 13.2 Å². The molecule has 15 heteroatoms. The normalized spacial score (nSPS) is 10.8. The van der Waals surface area contributed by atoms with Gasteiger partial charge in [0.05, 0.1) is 26.9 Å². The monoisotopic (exact) mass is 820 g/mol. The summed E-state index contributed by atoms with van der Waals surface area (Å²) in [7, 11) is 0. The number of anilines is 2. The molecule has 0 unspecified atom stereocenters. The molecule has 0 heterocycles. The Morgan fingerprint density at radius 3 is 1.27 bits per heavy atom. The molecule has 0 aliphatic heterocycles. The molecule has 0 aliphatic carbocycles. The highest BCUT2D eigenvalue weighted by molar-refractivity contribution is 6.39. The molecule has 11 nitrogen and oxygen atoms in total. The molecule has 0 saturated heterocycles. The van der Waals surface area contributed by atoms with Crippen LogP contribution in [0.1, 0.15) is 31.8 Å². The molecular formula is C40H28Cl4N2O9. The van der Waals surface area contributed by atoms with Crippen LogP contribution >= 0.6 is 46.4 Å². The van der Waals surface area contributed by atoms with Crippen molar-refractivity contribution in [3.05, 3.63) is 164 Å². The van der Waals surface area contributed by atoms with Crippen LogP contribution in [0.4, 0.5) is 11.4 Å². The lowest BCUT2D eigenvalue weighted by molar-refractivity contribution is -0.253. The zero-order valence-electron chi connectivity index (χ0n) is 28.2. The van der Waals surface area contributed by atoms with E-state index in [9.17, 15) is 14.7 Å². The second-order valence-electron chi connectivity index (χ2n) is 11.5. The summed E-state index contributed by atoms with van der Waals surface area (Å²) in [4.78, 5) is 34.4.